The Morgan fingerprint density at radius 1 is 1.14 bits per heavy atom. The van der Waals surface area contributed by atoms with Crippen molar-refractivity contribution in [1.29, 1.82) is 0 Å². The first-order chi connectivity index (χ1) is 26.8. The standard InChI is InChI=1S/C39H51FN6O9S/c1-3-25-18-24(2)8-4-5-9-26-20-39(26,36(49)44-56(52,53)38(23-40)12-13-38)43-33(47)30-19-27(22-46(30)35(48)32(25)42-37(50)51)55-34-29-11-7-6-10-28(29)31(21-41-34)45-14-16-54-17-15-45/h5-7,9-11,21,24-27,30,32,42H,3-4,8,12-20,22-23H2,1-2H3,(H,43,47)(H,44,49)(H,50,51)/b9-5-/t24-,25-,26-,27-,30+,32+,39-/m1/s1. The van der Waals surface area contributed by atoms with Gasteiger partial charge in [-0.2, -0.15) is 0 Å². The van der Waals surface area contributed by atoms with Crippen LogP contribution in [0.3, 0.4) is 0 Å². The van der Waals surface area contributed by atoms with E-state index in [0.29, 0.717) is 57.9 Å². The fourth-order valence-electron chi connectivity index (χ4n) is 8.56. The molecule has 0 radical (unpaired) electrons. The minimum atomic E-state index is -4.39. The number of alkyl halides is 1. The number of nitrogens with one attached hydrogen (secondary N) is 3. The number of hydrogen-bond acceptors (Lipinski definition) is 10. The number of sulfonamides is 1. The number of rotatable bonds is 9. The van der Waals surface area contributed by atoms with Crippen LogP contribution in [-0.2, 0) is 29.1 Å². The minimum Gasteiger partial charge on any atom is -0.472 e. The summed E-state index contributed by atoms with van der Waals surface area (Å²) in [7, 11) is -4.39. The Balaban J connectivity index is 1.22. The molecule has 7 rings (SSSR count). The van der Waals surface area contributed by atoms with Gasteiger partial charge in [0, 0.05) is 36.2 Å². The average Bonchev–Trinajstić information content (AvgIpc) is 4.09. The number of pyridine rings is 1. The molecule has 56 heavy (non-hydrogen) atoms. The number of halogens is 1. The molecule has 1 aromatic heterocycles. The number of carbonyl (C=O) groups is 4. The predicted octanol–water partition coefficient (Wildman–Crippen LogP) is 3.28. The zero-order valence-corrected chi connectivity index (χ0v) is 32.6. The molecule has 15 nitrogen and oxygen atoms in total. The molecule has 304 valence electrons. The van der Waals surface area contributed by atoms with Gasteiger partial charge >= 0.3 is 6.09 Å². The van der Waals surface area contributed by atoms with E-state index >= 15 is 0 Å². The molecule has 0 spiro atoms. The Labute approximate surface area is 325 Å². The number of aromatic nitrogens is 1. The molecule has 17 heteroatoms. The first-order valence-corrected chi connectivity index (χ1v) is 21.1. The number of anilines is 1. The average molecular weight is 799 g/mol. The number of carbonyl (C=O) groups excluding carboxylic acids is 3. The molecule has 2 saturated carbocycles. The van der Waals surface area contributed by atoms with Gasteiger partial charge in [-0.1, -0.05) is 50.6 Å². The highest BCUT2D eigenvalue weighted by molar-refractivity contribution is 7.91. The van der Waals surface area contributed by atoms with Gasteiger partial charge in [0.05, 0.1) is 31.6 Å². The summed E-state index contributed by atoms with van der Waals surface area (Å²) < 4.78 is 52.6. The van der Waals surface area contributed by atoms with E-state index in [1.54, 1.807) is 12.3 Å². The first-order valence-electron chi connectivity index (χ1n) is 19.6. The van der Waals surface area contributed by atoms with Crippen molar-refractivity contribution in [3.63, 3.8) is 0 Å². The van der Waals surface area contributed by atoms with Crippen LogP contribution >= 0.6 is 0 Å². The van der Waals surface area contributed by atoms with E-state index in [-0.39, 0.29) is 44.1 Å². The molecular weight excluding hydrogens is 748 g/mol. The lowest BCUT2D eigenvalue weighted by molar-refractivity contribution is -0.142. The maximum atomic E-state index is 14.6. The van der Waals surface area contributed by atoms with Crippen LogP contribution in [0.2, 0.25) is 0 Å². The van der Waals surface area contributed by atoms with Gasteiger partial charge in [0.1, 0.15) is 35.1 Å². The number of allylic oxidation sites excluding steroid dienone is 1. The molecule has 4 fully saturated rings. The van der Waals surface area contributed by atoms with Crippen molar-refractivity contribution >= 4 is 50.3 Å². The number of nitrogens with zero attached hydrogens (tertiary/aromatic N) is 3. The largest absolute Gasteiger partial charge is 0.472 e. The molecule has 0 bridgehead atoms. The van der Waals surface area contributed by atoms with Crippen LogP contribution in [-0.4, -0.2) is 115 Å². The van der Waals surface area contributed by atoms with Crippen LogP contribution in [0.1, 0.15) is 65.2 Å². The summed E-state index contributed by atoms with van der Waals surface area (Å²) in [6.45, 7) is 5.28. The van der Waals surface area contributed by atoms with Crippen LogP contribution in [0.4, 0.5) is 14.9 Å². The lowest BCUT2D eigenvalue weighted by Gasteiger charge is -2.33. The predicted molar refractivity (Wildman–Crippen MR) is 204 cm³/mol. The lowest BCUT2D eigenvalue weighted by atomic mass is 9.85. The van der Waals surface area contributed by atoms with Gasteiger partial charge < -0.3 is 35.0 Å². The minimum absolute atomic E-state index is 0.0206. The van der Waals surface area contributed by atoms with E-state index in [4.69, 9.17) is 9.47 Å². The Morgan fingerprint density at radius 2 is 1.88 bits per heavy atom. The number of ether oxygens (including phenoxy) is 2. The summed E-state index contributed by atoms with van der Waals surface area (Å²) in [5.74, 6) is -2.82. The fourth-order valence-corrected chi connectivity index (χ4v) is 9.99. The maximum Gasteiger partial charge on any atom is 0.405 e. The van der Waals surface area contributed by atoms with E-state index in [1.807, 2.05) is 44.2 Å². The summed E-state index contributed by atoms with van der Waals surface area (Å²) in [5, 5.41) is 16.8. The number of carboxylic acid groups (broad SMARTS) is 1. The van der Waals surface area contributed by atoms with Crippen molar-refractivity contribution in [3.05, 3.63) is 42.6 Å². The summed E-state index contributed by atoms with van der Waals surface area (Å²) in [5.41, 5.74) is -0.741. The lowest BCUT2D eigenvalue weighted by Crippen LogP contribution is -2.59. The Hall–Kier alpha value is -4.51. The van der Waals surface area contributed by atoms with Crippen LogP contribution in [0.15, 0.2) is 42.6 Å². The zero-order chi connectivity index (χ0) is 39.8. The molecule has 2 aromatic rings. The second kappa shape index (κ2) is 15.8. The van der Waals surface area contributed by atoms with E-state index in [0.717, 1.165) is 16.5 Å². The second-order valence-corrected chi connectivity index (χ2v) is 18.1. The van der Waals surface area contributed by atoms with Crippen LogP contribution in [0.25, 0.3) is 10.8 Å². The Morgan fingerprint density at radius 3 is 2.55 bits per heavy atom. The molecule has 2 aliphatic carbocycles. The third kappa shape index (κ3) is 7.76. The molecule has 4 N–H and O–H groups in total. The molecule has 4 heterocycles. The number of fused-ring (bicyclic) bond motifs is 3. The highest BCUT2D eigenvalue weighted by Crippen LogP contribution is 2.48. The van der Waals surface area contributed by atoms with Gasteiger partial charge in [0.2, 0.25) is 27.7 Å². The smallest absolute Gasteiger partial charge is 0.405 e. The van der Waals surface area contributed by atoms with Gasteiger partial charge in [0.25, 0.3) is 5.91 Å². The maximum absolute atomic E-state index is 14.6. The number of morpholine rings is 1. The van der Waals surface area contributed by atoms with Crippen LogP contribution < -0.4 is 25.0 Å². The van der Waals surface area contributed by atoms with E-state index < -0.39 is 74.9 Å². The molecule has 0 unspecified atom stereocenters. The number of hydrogen-bond donors (Lipinski definition) is 4. The molecule has 2 saturated heterocycles. The third-order valence-electron chi connectivity index (χ3n) is 12.3. The molecule has 4 amide bonds. The van der Waals surface area contributed by atoms with Gasteiger partial charge in [-0.05, 0) is 56.4 Å². The van der Waals surface area contributed by atoms with Gasteiger partial charge in [-0.3, -0.25) is 19.1 Å². The van der Waals surface area contributed by atoms with Crippen molar-refractivity contribution in [2.75, 3.05) is 44.4 Å². The highest BCUT2D eigenvalue weighted by Gasteiger charge is 2.64. The van der Waals surface area contributed by atoms with Crippen molar-refractivity contribution in [2.24, 2.45) is 17.8 Å². The topological polar surface area (TPSA) is 197 Å². The van der Waals surface area contributed by atoms with Crippen molar-refractivity contribution in [2.45, 2.75) is 93.7 Å². The van der Waals surface area contributed by atoms with Crippen molar-refractivity contribution in [1.82, 2.24) is 25.2 Å². The quantitative estimate of drug-likeness (QED) is 0.272. The van der Waals surface area contributed by atoms with E-state index in [1.165, 1.54) is 4.90 Å². The fraction of sp³-hybridized carbons (Fsp3) is 0.615. The van der Waals surface area contributed by atoms with E-state index in [2.05, 4.69) is 25.2 Å². The molecule has 5 aliphatic rings. The van der Waals surface area contributed by atoms with Gasteiger partial charge in [-0.15, -0.1) is 0 Å². The highest BCUT2D eigenvalue weighted by atomic mass is 32.2. The third-order valence-corrected chi connectivity index (χ3v) is 14.4. The number of benzene rings is 1. The zero-order valence-electron chi connectivity index (χ0n) is 31.7. The molecule has 1 aromatic carbocycles. The normalized spacial score (nSPS) is 31.2. The summed E-state index contributed by atoms with van der Waals surface area (Å²) in [4.78, 5) is 63.3. The summed E-state index contributed by atoms with van der Waals surface area (Å²) >= 11 is 0. The van der Waals surface area contributed by atoms with Gasteiger partial charge in [0.15, 0.2) is 0 Å². The van der Waals surface area contributed by atoms with Crippen LogP contribution in [0.5, 0.6) is 5.88 Å². The second-order valence-electron chi connectivity index (χ2n) is 16.0. The summed E-state index contributed by atoms with van der Waals surface area (Å²) in [6, 6.07) is 5.27. The van der Waals surface area contributed by atoms with Crippen molar-refractivity contribution < 1.29 is 46.6 Å². The Bertz CT molecular complexity index is 1990. The SMILES string of the molecule is CC[C@@H]1C[C@H](C)CC/C=C\[C@@H]2C[C@@]2(C(=O)NS(=O)(=O)C2(CF)CC2)NC(=O)[C@@H]2C[C@@H](Oc3ncc(N4CCOCC4)c4ccccc34)CN2C(=O)[C@H]1NC(=O)O. The molecule has 7 atom stereocenters. The molecular formula is C39H51FN6O9S. The van der Waals surface area contributed by atoms with Gasteiger partial charge in [-0.25, -0.2) is 22.6 Å². The van der Waals surface area contributed by atoms with Crippen molar-refractivity contribution in [3.8, 4) is 5.88 Å². The summed E-state index contributed by atoms with van der Waals surface area (Å²) in [6.07, 6.45) is 5.89. The van der Waals surface area contributed by atoms with E-state index in [9.17, 15) is 37.1 Å². The van der Waals surface area contributed by atoms with Crippen LogP contribution in [0, 0.1) is 17.8 Å². The number of amides is 4. The first kappa shape index (κ1) is 39.7. The monoisotopic (exact) mass is 798 g/mol. The molecule has 3 aliphatic heterocycles. The Kier molecular flexibility index (Phi) is 11.2.